The first-order valence-corrected chi connectivity index (χ1v) is 9.40. The highest BCUT2D eigenvalue weighted by molar-refractivity contribution is 5.51. The van der Waals surface area contributed by atoms with E-state index in [1.54, 1.807) is 6.07 Å². The highest BCUT2D eigenvalue weighted by atomic mass is 16.3. The third-order valence-electron chi connectivity index (χ3n) is 7.34. The molecule has 0 radical (unpaired) electrons. The third-order valence-corrected chi connectivity index (χ3v) is 7.34. The fourth-order valence-electron chi connectivity index (χ4n) is 6.18. The number of hydrogen-bond acceptors (Lipinski definition) is 2. The lowest BCUT2D eigenvalue weighted by molar-refractivity contribution is -0.00621. The molecule has 2 nitrogen and oxygen atoms in total. The highest BCUT2D eigenvalue weighted by Gasteiger charge is 2.52. The molecule has 0 heterocycles. The summed E-state index contributed by atoms with van der Waals surface area (Å²) in [6, 6.07) is 3.77. The van der Waals surface area contributed by atoms with Gasteiger partial charge in [-0.05, 0) is 79.6 Å². The summed E-state index contributed by atoms with van der Waals surface area (Å²) in [7, 11) is 0. The van der Waals surface area contributed by atoms with Gasteiger partial charge in [0.1, 0.15) is 11.5 Å². The van der Waals surface area contributed by atoms with Gasteiger partial charge in [-0.3, -0.25) is 0 Å². The van der Waals surface area contributed by atoms with Crippen LogP contribution < -0.4 is 0 Å². The van der Waals surface area contributed by atoms with Crippen LogP contribution in [0.5, 0.6) is 11.5 Å². The van der Waals surface area contributed by atoms with E-state index in [1.807, 2.05) is 0 Å². The van der Waals surface area contributed by atoms with E-state index < -0.39 is 0 Å². The molecule has 2 heteroatoms. The van der Waals surface area contributed by atoms with Crippen LogP contribution in [0.25, 0.3) is 0 Å². The summed E-state index contributed by atoms with van der Waals surface area (Å²) in [4.78, 5) is 0. The summed E-state index contributed by atoms with van der Waals surface area (Å²) in [5, 5.41) is 21.1. The van der Waals surface area contributed by atoms with Crippen molar-refractivity contribution >= 4 is 0 Å². The number of phenols is 2. The van der Waals surface area contributed by atoms with Crippen LogP contribution in [0.1, 0.15) is 76.8 Å². The van der Waals surface area contributed by atoms with Gasteiger partial charge in [0, 0.05) is 17.2 Å². The van der Waals surface area contributed by atoms with Crippen molar-refractivity contribution in [2.75, 3.05) is 0 Å². The summed E-state index contributed by atoms with van der Waals surface area (Å²) in [5.74, 6) is 3.15. The molecule has 0 aliphatic heterocycles. The van der Waals surface area contributed by atoms with Gasteiger partial charge in [0.2, 0.25) is 0 Å². The van der Waals surface area contributed by atoms with Crippen LogP contribution in [0, 0.1) is 17.8 Å². The normalized spacial score (nSPS) is 35.7. The van der Waals surface area contributed by atoms with Gasteiger partial charge in [-0.15, -0.1) is 0 Å². The monoisotopic (exact) mass is 314 g/mol. The molecule has 4 aliphatic rings. The Bertz CT molecular complexity index is 594. The zero-order valence-corrected chi connectivity index (χ0v) is 14.7. The van der Waals surface area contributed by atoms with Crippen molar-refractivity contribution in [3.05, 3.63) is 23.3 Å². The molecule has 0 unspecified atom stereocenters. The lowest BCUT2D eigenvalue weighted by atomic mass is 9.48. The van der Waals surface area contributed by atoms with E-state index in [1.165, 1.54) is 38.5 Å². The molecule has 126 valence electrons. The molecule has 4 fully saturated rings. The first-order chi connectivity index (χ1) is 10.8. The predicted molar refractivity (Wildman–Crippen MR) is 92.9 cm³/mol. The van der Waals surface area contributed by atoms with Crippen LogP contribution in [0.2, 0.25) is 0 Å². The van der Waals surface area contributed by atoms with Crippen molar-refractivity contribution < 1.29 is 10.2 Å². The second kappa shape index (κ2) is 4.91. The number of rotatable bonds is 3. The van der Waals surface area contributed by atoms with Gasteiger partial charge in [0.15, 0.2) is 0 Å². The standard InChI is InChI=1S/C21H30O2/c1-4-20(2,3)16-8-17(19(23)9-18(16)22)21-10-13-5-14(11-21)7-15(6-13)12-21/h8-9,13-15,22-23H,4-7,10-12H2,1-3H3. The summed E-state index contributed by atoms with van der Waals surface area (Å²) in [5.41, 5.74) is 2.24. The quantitative estimate of drug-likeness (QED) is 0.799. The van der Waals surface area contributed by atoms with Crippen molar-refractivity contribution in [3.63, 3.8) is 0 Å². The van der Waals surface area contributed by atoms with Crippen LogP contribution in [0.4, 0.5) is 0 Å². The largest absolute Gasteiger partial charge is 0.508 e. The van der Waals surface area contributed by atoms with E-state index in [2.05, 4.69) is 26.8 Å². The Morgan fingerprint density at radius 2 is 1.48 bits per heavy atom. The zero-order valence-electron chi connectivity index (χ0n) is 14.7. The molecule has 0 amide bonds. The summed E-state index contributed by atoms with van der Waals surface area (Å²) in [6.07, 6.45) is 8.92. The van der Waals surface area contributed by atoms with Crippen molar-refractivity contribution in [2.45, 2.75) is 76.5 Å². The van der Waals surface area contributed by atoms with Gasteiger partial charge >= 0.3 is 0 Å². The Morgan fingerprint density at radius 1 is 0.957 bits per heavy atom. The summed E-state index contributed by atoms with van der Waals surface area (Å²) < 4.78 is 0. The lowest BCUT2D eigenvalue weighted by Crippen LogP contribution is -2.48. The van der Waals surface area contributed by atoms with E-state index in [-0.39, 0.29) is 16.6 Å². The minimum Gasteiger partial charge on any atom is -0.508 e. The summed E-state index contributed by atoms with van der Waals surface area (Å²) in [6.45, 7) is 6.53. The molecule has 0 aromatic heterocycles. The van der Waals surface area contributed by atoms with Crippen molar-refractivity contribution in [1.29, 1.82) is 0 Å². The van der Waals surface area contributed by atoms with Crippen LogP contribution in [0.15, 0.2) is 12.1 Å². The molecular formula is C21H30O2. The lowest BCUT2D eigenvalue weighted by Gasteiger charge is -2.57. The zero-order chi connectivity index (χ0) is 16.4. The Morgan fingerprint density at radius 3 is 1.96 bits per heavy atom. The molecule has 4 aliphatic carbocycles. The minimum absolute atomic E-state index is 0.0607. The van der Waals surface area contributed by atoms with Gasteiger partial charge in [-0.1, -0.05) is 20.8 Å². The molecule has 5 rings (SSSR count). The number of phenolic OH excluding ortho intramolecular Hbond substituents is 2. The second-order valence-corrected chi connectivity index (χ2v) is 9.32. The number of hydrogen-bond donors (Lipinski definition) is 2. The number of benzene rings is 1. The molecule has 1 aromatic rings. The molecule has 1 aromatic carbocycles. The fourth-order valence-corrected chi connectivity index (χ4v) is 6.18. The predicted octanol–water partition coefficient (Wildman–Crippen LogP) is 5.25. The molecular weight excluding hydrogens is 284 g/mol. The van der Waals surface area contributed by atoms with E-state index in [0.717, 1.165) is 35.3 Å². The van der Waals surface area contributed by atoms with Crippen molar-refractivity contribution in [1.82, 2.24) is 0 Å². The second-order valence-electron chi connectivity index (χ2n) is 9.32. The molecule has 4 saturated carbocycles. The minimum atomic E-state index is -0.0607. The van der Waals surface area contributed by atoms with Gasteiger partial charge in [-0.25, -0.2) is 0 Å². The Hall–Kier alpha value is -1.18. The third kappa shape index (κ3) is 2.28. The highest BCUT2D eigenvalue weighted by Crippen LogP contribution is 2.62. The van der Waals surface area contributed by atoms with E-state index in [0.29, 0.717) is 5.75 Å². The average molecular weight is 314 g/mol. The van der Waals surface area contributed by atoms with Gasteiger partial charge in [0.05, 0.1) is 0 Å². The van der Waals surface area contributed by atoms with Crippen LogP contribution in [0.3, 0.4) is 0 Å². The maximum absolute atomic E-state index is 10.7. The molecule has 4 bridgehead atoms. The van der Waals surface area contributed by atoms with Crippen LogP contribution in [-0.4, -0.2) is 10.2 Å². The van der Waals surface area contributed by atoms with Crippen LogP contribution >= 0.6 is 0 Å². The average Bonchev–Trinajstić information content (AvgIpc) is 2.45. The molecule has 0 saturated heterocycles. The van der Waals surface area contributed by atoms with Gasteiger partial charge < -0.3 is 10.2 Å². The van der Waals surface area contributed by atoms with Gasteiger partial charge in [0.25, 0.3) is 0 Å². The maximum atomic E-state index is 10.7. The van der Waals surface area contributed by atoms with Crippen LogP contribution in [-0.2, 0) is 10.8 Å². The van der Waals surface area contributed by atoms with E-state index in [9.17, 15) is 10.2 Å². The van der Waals surface area contributed by atoms with E-state index in [4.69, 9.17) is 0 Å². The van der Waals surface area contributed by atoms with E-state index >= 15 is 0 Å². The first kappa shape index (κ1) is 15.4. The Labute approximate surface area is 139 Å². The molecule has 0 spiro atoms. The molecule has 0 atom stereocenters. The molecule has 23 heavy (non-hydrogen) atoms. The summed E-state index contributed by atoms with van der Waals surface area (Å²) >= 11 is 0. The number of aromatic hydroxyl groups is 2. The van der Waals surface area contributed by atoms with Crippen molar-refractivity contribution in [3.8, 4) is 11.5 Å². The van der Waals surface area contributed by atoms with Crippen molar-refractivity contribution in [2.24, 2.45) is 17.8 Å². The maximum Gasteiger partial charge on any atom is 0.123 e. The molecule has 2 N–H and O–H groups in total. The Balaban J connectivity index is 1.81. The SMILES string of the molecule is CCC(C)(C)c1cc(C23CC4CC(CC(C4)C2)C3)c(O)cc1O. The first-order valence-electron chi connectivity index (χ1n) is 9.40. The topological polar surface area (TPSA) is 40.5 Å². The Kier molecular flexibility index (Phi) is 3.28. The smallest absolute Gasteiger partial charge is 0.123 e. The van der Waals surface area contributed by atoms with Gasteiger partial charge in [-0.2, -0.15) is 0 Å². The fraction of sp³-hybridized carbons (Fsp3) is 0.714.